The minimum absolute atomic E-state index is 0.0941. The van der Waals surface area contributed by atoms with Gasteiger partial charge in [-0.3, -0.25) is 14.4 Å². The topological polar surface area (TPSA) is 80.1 Å². The Morgan fingerprint density at radius 1 is 1.00 bits per heavy atom. The predicted octanol–water partition coefficient (Wildman–Crippen LogP) is 2.39. The summed E-state index contributed by atoms with van der Waals surface area (Å²) in [6, 6.07) is 3.32. The van der Waals surface area contributed by atoms with Gasteiger partial charge in [-0.1, -0.05) is 13.8 Å². The summed E-state index contributed by atoms with van der Waals surface area (Å²) in [4.78, 5) is 41.5. The van der Waals surface area contributed by atoms with Gasteiger partial charge in [0, 0.05) is 51.0 Å². The molecule has 0 saturated carbocycles. The van der Waals surface area contributed by atoms with Crippen LogP contribution in [0.15, 0.2) is 34.1 Å². The monoisotopic (exact) mass is 386 g/mol. The van der Waals surface area contributed by atoms with Crippen molar-refractivity contribution < 1.29 is 23.5 Å². The zero-order chi connectivity index (χ0) is 20.1. The van der Waals surface area contributed by atoms with Crippen LogP contribution in [0.3, 0.4) is 0 Å². The molecule has 0 aromatic carbocycles. The third-order valence-corrected chi connectivity index (χ3v) is 5.85. The Labute approximate surface area is 164 Å². The summed E-state index contributed by atoms with van der Waals surface area (Å²) in [6.45, 7) is 7.63. The van der Waals surface area contributed by atoms with Crippen LogP contribution in [0.2, 0.25) is 0 Å². The summed E-state index contributed by atoms with van der Waals surface area (Å²) in [6.07, 6.45) is 2.99. The van der Waals surface area contributed by atoms with Crippen molar-refractivity contribution in [3.05, 3.63) is 35.5 Å². The number of Topliss-reactive ketones (excluding diaryl/α,β-unsaturated/α-hetero) is 1. The lowest BCUT2D eigenvalue weighted by Crippen LogP contribution is -2.55. The smallest absolute Gasteiger partial charge is 0.289 e. The van der Waals surface area contributed by atoms with Gasteiger partial charge in [-0.2, -0.15) is 0 Å². The average molecular weight is 386 g/mol. The number of hydrogen-bond acceptors (Lipinski definition) is 5. The number of carbonyl (C=O) groups excluding carboxylic acids is 3. The van der Waals surface area contributed by atoms with Crippen LogP contribution in [-0.4, -0.2) is 59.2 Å². The summed E-state index contributed by atoms with van der Waals surface area (Å²) in [5, 5.41) is 0. The quantitative estimate of drug-likeness (QED) is 0.780. The van der Waals surface area contributed by atoms with Crippen LogP contribution in [0.5, 0.6) is 0 Å². The molecular weight excluding hydrogens is 360 g/mol. The molecule has 28 heavy (non-hydrogen) atoms. The number of furan rings is 1. The molecule has 0 radical (unpaired) electrons. The lowest BCUT2D eigenvalue weighted by atomic mass is 9.76. The van der Waals surface area contributed by atoms with Crippen molar-refractivity contribution in [1.82, 2.24) is 9.80 Å². The van der Waals surface area contributed by atoms with E-state index in [2.05, 4.69) is 0 Å². The molecule has 3 aliphatic rings. The standard InChI is InChI=1S/C21H26N2O5/c1-20(2)12-15(24)14-11-21(3,28-17(14)13-20)19(26)23-8-6-22(7-9-23)18(25)16-5-4-10-27-16/h4-5,10H,6-9,11-13H2,1-3H3. The molecule has 1 atom stereocenters. The van der Waals surface area contributed by atoms with Crippen molar-refractivity contribution in [3.8, 4) is 0 Å². The highest BCUT2D eigenvalue weighted by Gasteiger charge is 2.50. The van der Waals surface area contributed by atoms with E-state index in [-0.39, 0.29) is 23.0 Å². The first-order valence-electron chi connectivity index (χ1n) is 9.75. The van der Waals surface area contributed by atoms with Crippen molar-refractivity contribution in [2.45, 2.75) is 45.6 Å². The number of hydrogen-bond donors (Lipinski definition) is 0. The van der Waals surface area contributed by atoms with E-state index in [0.29, 0.717) is 62.5 Å². The van der Waals surface area contributed by atoms with Crippen molar-refractivity contribution in [2.75, 3.05) is 26.2 Å². The molecular formula is C21H26N2O5. The Kier molecular flexibility index (Phi) is 4.36. The molecule has 1 saturated heterocycles. The summed E-state index contributed by atoms with van der Waals surface area (Å²) in [7, 11) is 0. The number of nitrogens with zero attached hydrogens (tertiary/aromatic N) is 2. The maximum Gasteiger partial charge on any atom is 0.289 e. The number of carbonyl (C=O) groups is 3. The van der Waals surface area contributed by atoms with Gasteiger partial charge in [0.1, 0.15) is 5.76 Å². The van der Waals surface area contributed by atoms with Gasteiger partial charge in [-0.15, -0.1) is 0 Å². The van der Waals surface area contributed by atoms with Crippen LogP contribution >= 0.6 is 0 Å². The Bertz CT molecular complexity index is 846. The maximum absolute atomic E-state index is 13.2. The molecule has 1 aromatic heterocycles. The first-order chi connectivity index (χ1) is 13.2. The summed E-state index contributed by atoms with van der Waals surface area (Å²) < 4.78 is 11.3. The van der Waals surface area contributed by atoms with E-state index < -0.39 is 5.60 Å². The molecule has 1 aromatic rings. The molecule has 1 fully saturated rings. The van der Waals surface area contributed by atoms with Crippen molar-refractivity contribution in [1.29, 1.82) is 0 Å². The van der Waals surface area contributed by atoms with E-state index >= 15 is 0 Å². The van der Waals surface area contributed by atoms with Crippen LogP contribution in [0, 0.1) is 5.41 Å². The van der Waals surface area contributed by atoms with Gasteiger partial charge in [-0.05, 0) is 24.5 Å². The lowest BCUT2D eigenvalue weighted by Gasteiger charge is -2.38. The molecule has 3 heterocycles. The number of amides is 2. The van der Waals surface area contributed by atoms with Crippen LogP contribution in [0.1, 0.15) is 50.6 Å². The Hall–Kier alpha value is -2.57. The molecule has 0 N–H and O–H groups in total. The molecule has 1 unspecified atom stereocenters. The summed E-state index contributed by atoms with van der Waals surface area (Å²) in [5.41, 5.74) is -0.488. The third-order valence-electron chi connectivity index (χ3n) is 5.85. The molecule has 2 aliphatic heterocycles. The molecule has 2 amide bonds. The van der Waals surface area contributed by atoms with Crippen LogP contribution < -0.4 is 0 Å². The molecule has 0 bridgehead atoms. The minimum Gasteiger partial charge on any atom is -0.481 e. The zero-order valence-electron chi connectivity index (χ0n) is 16.6. The highest BCUT2D eigenvalue weighted by Crippen LogP contribution is 2.46. The summed E-state index contributed by atoms with van der Waals surface area (Å²) >= 11 is 0. The number of piperazine rings is 1. The Balaban J connectivity index is 1.40. The Morgan fingerprint density at radius 2 is 1.68 bits per heavy atom. The number of ether oxygens (including phenoxy) is 1. The fourth-order valence-corrected chi connectivity index (χ4v) is 4.36. The van der Waals surface area contributed by atoms with Gasteiger partial charge < -0.3 is 19.0 Å². The van der Waals surface area contributed by atoms with Crippen molar-refractivity contribution in [2.24, 2.45) is 5.41 Å². The average Bonchev–Trinajstić information content (AvgIpc) is 3.28. The molecule has 4 rings (SSSR count). The minimum atomic E-state index is -1.03. The van der Waals surface area contributed by atoms with Crippen LogP contribution in [-0.2, 0) is 14.3 Å². The lowest BCUT2D eigenvalue weighted by molar-refractivity contribution is -0.151. The van der Waals surface area contributed by atoms with E-state index in [4.69, 9.17) is 9.15 Å². The molecule has 150 valence electrons. The first-order valence-corrected chi connectivity index (χ1v) is 9.75. The largest absolute Gasteiger partial charge is 0.481 e. The second kappa shape index (κ2) is 6.50. The maximum atomic E-state index is 13.2. The van der Waals surface area contributed by atoms with E-state index in [1.807, 2.05) is 13.8 Å². The highest BCUT2D eigenvalue weighted by molar-refractivity contribution is 6.00. The van der Waals surface area contributed by atoms with Gasteiger partial charge in [0.25, 0.3) is 11.8 Å². The van der Waals surface area contributed by atoms with E-state index in [1.54, 1.807) is 28.9 Å². The number of allylic oxidation sites excluding steroid dienone is 1. The molecule has 7 heteroatoms. The van der Waals surface area contributed by atoms with Gasteiger partial charge in [0.15, 0.2) is 17.1 Å². The SMILES string of the molecule is CC1(C)CC(=O)C2=C(C1)OC(C)(C(=O)N1CCN(C(=O)c3ccco3)CC1)C2. The normalized spacial score (nSPS) is 26.9. The van der Waals surface area contributed by atoms with E-state index in [1.165, 1.54) is 6.26 Å². The number of ketones is 1. The van der Waals surface area contributed by atoms with Crippen LogP contribution in [0.4, 0.5) is 0 Å². The third kappa shape index (κ3) is 3.23. The van der Waals surface area contributed by atoms with Gasteiger partial charge in [-0.25, -0.2) is 0 Å². The molecule has 0 spiro atoms. The fraction of sp³-hybridized carbons (Fsp3) is 0.571. The second-order valence-corrected chi connectivity index (χ2v) is 8.91. The highest BCUT2D eigenvalue weighted by atomic mass is 16.5. The van der Waals surface area contributed by atoms with E-state index in [9.17, 15) is 14.4 Å². The first kappa shape index (κ1) is 18.8. The second-order valence-electron chi connectivity index (χ2n) is 8.91. The zero-order valence-corrected chi connectivity index (χ0v) is 16.6. The van der Waals surface area contributed by atoms with Gasteiger partial charge in [0.2, 0.25) is 0 Å². The van der Waals surface area contributed by atoms with E-state index in [0.717, 1.165) is 0 Å². The fourth-order valence-electron chi connectivity index (χ4n) is 4.36. The summed E-state index contributed by atoms with van der Waals surface area (Å²) in [5.74, 6) is 0.812. The van der Waals surface area contributed by atoms with Gasteiger partial charge in [0.05, 0.1) is 6.26 Å². The predicted molar refractivity (Wildman–Crippen MR) is 100 cm³/mol. The van der Waals surface area contributed by atoms with Crippen LogP contribution in [0.25, 0.3) is 0 Å². The molecule has 1 aliphatic carbocycles. The van der Waals surface area contributed by atoms with Crippen molar-refractivity contribution in [3.63, 3.8) is 0 Å². The van der Waals surface area contributed by atoms with Gasteiger partial charge >= 0.3 is 0 Å². The Morgan fingerprint density at radius 3 is 2.32 bits per heavy atom. The number of rotatable bonds is 2. The molecule has 7 nitrogen and oxygen atoms in total. The van der Waals surface area contributed by atoms with Crippen molar-refractivity contribution >= 4 is 17.6 Å².